The van der Waals surface area contributed by atoms with Crippen molar-refractivity contribution in [1.29, 1.82) is 0 Å². The highest BCUT2D eigenvalue weighted by molar-refractivity contribution is 7.89. The van der Waals surface area contributed by atoms with Crippen molar-refractivity contribution in [3.63, 3.8) is 0 Å². The van der Waals surface area contributed by atoms with Crippen LogP contribution in [0.4, 0.5) is 4.39 Å². The van der Waals surface area contributed by atoms with Gasteiger partial charge in [-0.1, -0.05) is 30.5 Å². The normalized spacial score (nSPS) is 18.1. The van der Waals surface area contributed by atoms with Crippen molar-refractivity contribution < 1.29 is 17.5 Å². The molecule has 0 saturated heterocycles. The van der Waals surface area contributed by atoms with Crippen molar-refractivity contribution in [2.75, 3.05) is 12.4 Å². The van der Waals surface area contributed by atoms with Gasteiger partial charge in [0.1, 0.15) is 0 Å². The number of nitrogens with two attached hydrogens (primary N) is 1. The molecule has 1 saturated carbocycles. The number of hydrogen-bond acceptors (Lipinski definition) is 3. The lowest BCUT2D eigenvalue weighted by Crippen LogP contribution is -2.36. The van der Waals surface area contributed by atoms with Crippen LogP contribution in [-0.4, -0.2) is 20.8 Å². The average molecular weight is 322 g/mol. The first kappa shape index (κ1) is 15.5. The standard InChI is InChI=1S/C13H17ClFNO3S/c14-10-4-3-5-11(12(10)15)19-8-13(6-1-2-7-13)9-20(16,17)18/h3-5H,1-2,6-9H2,(H2,16,17,18). The highest BCUT2D eigenvalue weighted by Gasteiger charge is 2.38. The van der Waals surface area contributed by atoms with E-state index in [-0.39, 0.29) is 23.1 Å². The molecule has 2 rings (SSSR count). The van der Waals surface area contributed by atoms with Gasteiger partial charge in [-0.15, -0.1) is 0 Å². The van der Waals surface area contributed by atoms with Crippen molar-refractivity contribution in [3.8, 4) is 5.75 Å². The molecule has 7 heteroatoms. The predicted molar refractivity (Wildman–Crippen MR) is 75.8 cm³/mol. The third kappa shape index (κ3) is 3.84. The van der Waals surface area contributed by atoms with E-state index >= 15 is 0 Å². The Morgan fingerprint density at radius 2 is 2.00 bits per heavy atom. The molecule has 0 spiro atoms. The number of hydrogen-bond donors (Lipinski definition) is 1. The Balaban J connectivity index is 2.12. The summed E-state index contributed by atoms with van der Waals surface area (Å²) in [5, 5.41) is 5.13. The van der Waals surface area contributed by atoms with Crippen molar-refractivity contribution in [1.82, 2.24) is 0 Å². The van der Waals surface area contributed by atoms with Crippen LogP contribution in [0, 0.1) is 11.2 Å². The third-order valence-electron chi connectivity index (χ3n) is 3.62. The summed E-state index contributed by atoms with van der Waals surface area (Å²) < 4.78 is 41.9. The van der Waals surface area contributed by atoms with Gasteiger partial charge in [0.25, 0.3) is 0 Å². The van der Waals surface area contributed by atoms with E-state index in [1.54, 1.807) is 6.07 Å². The van der Waals surface area contributed by atoms with E-state index in [1.807, 2.05) is 0 Å². The quantitative estimate of drug-likeness (QED) is 0.906. The SMILES string of the molecule is NS(=O)(=O)CC1(COc2cccc(Cl)c2F)CCCC1. The van der Waals surface area contributed by atoms with E-state index in [0.29, 0.717) is 12.8 Å². The van der Waals surface area contributed by atoms with Gasteiger partial charge in [-0.2, -0.15) is 0 Å². The Kier molecular flexibility index (Phi) is 4.56. The van der Waals surface area contributed by atoms with E-state index in [2.05, 4.69) is 0 Å². The van der Waals surface area contributed by atoms with Crippen LogP contribution in [0.2, 0.25) is 5.02 Å². The maximum absolute atomic E-state index is 13.7. The average Bonchev–Trinajstić information content (AvgIpc) is 2.78. The van der Waals surface area contributed by atoms with Gasteiger partial charge in [0, 0.05) is 5.41 Å². The van der Waals surface area contributed by atoms with Gasteiger partial charge in [-0.05, 0) is 25.0 Å². The summed E-state index contributed by atoms with van der Waals surface area (Å²) in [5.41, 5.74) is -0.525. The number of rotatable bonds is 5. The maximum atomic E-state index is 13.7. The van der Waals surface area contributed by atoms with Crippen molar-refractivity contribution in [2.24, 2.45) is 10.6 Å². The fourth-order valence-electron chi connectivity index (χ4n) is 2.71. The van der Waals surface area contributed by atoms with Crippen LogP contribution in [-0.2, 0) is 10.0 Å². The Bertz CT molecular complexity index is 585. The van der Waals surface area contributed by atoms with E-state index < -0.39 is 21.3 Å². The summed E-state index contributed by atoms with van der Waals surface area (Å²) in [5.74, 6) is -0.724. The molecule has 0 aliphatic heterocycles. The number of halogens is 2. The molecule has 0 atom stereocenters. The van der Waals surface area contributed by atoms with Crippen LogP contribution in [0.5, 0.6) is 5.75 Å². The summed E-state index contributed by atoms with van der Waals surface area (Å²) in [6, 6.07) is 4.49. The topological polar surface area (TPSA) is 69.4 Å². The molecule has 112 valence electrons. The molecule has 0 unspecified atom stereocenters. The van der Waals surface area contributed by atoms with Gasteiger partial charge >= 0.3 is 0 Å². The summed E-state index contributed by atoms with van der Waals surface area (Å²) in [4.78, 5) is 0. The minimum Gasteiger partial charge on any atom is -0.490 e. The monoisotopic (exact) mass is 321 g/mol. The lowest BCUT2D eigenvalue weighted by Gasteiger charge is -2.27. The van der Waals surface area contributed by atoms with Gasteiger partial charge in [-0.25, -0.2) is 17.9 Å². The number of sulfonamides is 1. The number of ether oxygens (including phenoxy) is 1. The molecular formula is C13H17ClFNO3S. The van der Waals surface area contributed by atoms with Crippen LogP contribution in [0.3, 0.4) is 0 Å². The van der Waals surface area contributed by atoms with Crippen LogP contribution >= 0.6 is 11.6 Å². The lowest BCUT2D eigenvalue weighted by atomic mass is 9.90. The van der Waals surface area contributed by atoms with E-state index in [9.17, 15) is 12.8 Å². The first-order chi connectivity index (χ1) is 9.31. The van der Waals surface area contributed by atoms with Crippen LogP contribution in [0.25, 0.3) is 0 Å². The molecule has 1 aromatic rings. The van der Waals surface area contributed by atoms with Crippen LogP contribution in [0.15, 0.2) is 18.2 Å². The van der Waals surface area contributed by atoms with Gasteiger partial charge in [0.15, 0.2) is 11.6 Å². The first-order valence-electron chi connectivity index (χ1n) is 6.39. The van der Waals surface area contributed by atoms with Crippen molar-refractivity contribution >= 4 is 21.6 Å². The fourth-order valence-corrected chi connectivity index (χ4v) is 4.10. The van der Waals surface area contributed by atoms with Gasteiger partial charge in [0.2, 0.25) is 10.0 Å². The second-order valence-corrected chi connectivity index (χ2v) is 7.38. The maximum Gasteiger partial charge on any atom is 0.209 e. The highest BCUT2D eigenvalue weighted by atomic mass is 35.5. The second-order valence-electron chi connectivity index (χ2n) is 5.35. The minimum absolute atomic E-state index is 0.0191. The molecule has 4 nitrogen and oxygen atoms in total. The van der Waals surface area contributed by atoms with Crippen LogP contribution in [0.1, 0.15) is 25.7 Å². The number of benzene rings is 1. The molecule has 1 aromatic carbocycles. The summed E-state index contributed by atoms with van der Waals surface area (Å²) in [6.45, 7) is 0.126. The summed E-state index contributed by atoms with van der Waals surface area (Å²) >= 11 is 5.68. The molecular weight excluding hydrogens is 305 g/mol. The molecule has 0 heterocycles. The third-order valence-corrected chi connectivity index (χ3v) is 4.93. The zero-order valence-electron chi connectivity index (χ0n) is 10.9. The molecule has 0 amide bonds. The van der Waals surface area contributed by atoms with Gasteiger partial charge in [-0.3, -0.25) is 0 Å². The van der Waals surface area contributed by atoms with Crippen molar-refractivity contribution in [3.05, 3.63) is 29.0 Å². The molecule has 1 aliphatic carbocycles. The molecule has 0 aromatic heterocycles. The first-order valence-corrected chi connectivity index (χ1v) is 8.48. The van der Waals surface area contributed by atoms with E-state index in [4.69, 9.17) is 21.5 Å². The Morgan fingerprint density at radius 1 is 1.35 bits per heavy atom. The lowest BCUT2D eigenvalue weighted by molar-refractivity contribution is 0.165. The van der Waals surface area contributed by atoms with Gasteiger partial charge < -0.3 is 4.74 Å². The molecule has 0 radical (unpaired) electrons. The van der Waals surface area contributed by atoms with Crippen LogP contribution < -0.4 is 9.88 Å². The minimum atomic E-state index is -3.59. The molecule has 2 N–H and O–H groups in total. The van der Waals surface area contributed by atoms with Crippen molar-refractivity contribution in [2.45, 2.75) is 25.7 Å². The second kappa shape index (κ2) is 5.87. The van der Waals surface area contributed by atoms with Gasteiger partial charge in [0.05, 0.1) is 17.4 Å². The zero-order chi connectivity index (χ0) is 14.8. The van der Waals surface area contributed by atoms with E-state index in [1.165, 1.54) is 12.1 Å². The Labute approximate surface area is 123 Å². The molecule has 20 heavy (non-hydrogen) atoms. The largest absolute Gasteiger partial charge is 0.490 e. The predicted octanol–water partition coefficient (Wildman–Crippen LogP) is 2.71. The molecule has 0 bridgehead atoms. The smallest absolute Gasteiger partial charge is 0.209 e. The summed E-state index contributed by atoms with van der Waals surface area (Å²) in [7, 11) is -3.59. The zero-order valence-corrected chi connectivity index (χ0v) is 12.5. The summed E-state index contributed by atoms with van der Waals surface area (Å²) in [6.07, 6.45) is 3.28. The molecule has 1 aliphatic rings. The Hall–Kier alpha value is -0.850. The number of primary sulfonamides is 1. The fraction of sp³-hybridized carbons (Fsp3) is 0.538. The highest BCUT2D eigenvalue weighted by Crippen LogP contribution is 2.40. The van der Waals surface area contributed by atoms with E-state index in [0.717, 1.165) is 12.8 Å². The Morgan fingerprint density at radius 3 is 2.60 bits per heavy atom. The molecule has 1 fully saturated rings.